The van der Waals surface area contributed by atoms with E-state index in [4.69, 9.17) is 5.73 Å². The van der Waals surface area contributed by atoms with Crippen LogP contribution in [0.25, 0.3) is 0 Å². The average molecular weight is 353 g/mol. The lowest BCUT2D eigenvalue weighted by atomic mass is 9.84. The first-order valence-electron chi connectivity index (χ1n) is 8.73. The molecule has 6 nitrogen and oxygen atoms in total. The van der Waals surface area contributed by atoms with E-state index in [-0.39, 0.29) is 11.2 Å². The van der Waals surface area contributed by atoms with Crippen molar-refractivity contribution in [3.63, 3.8) is 0 Å². The molecule has 7 heteroatoms. The molecule has 0 aromatic carbocycles. The fraction of sp³-hybridized carbons (Fsp3) is 0.765. The molecular formula is C17H27N3O3S. The number of carbonyl (C=O) groups is 1. The number of aryl methyl sites for hydroxylation is 1. The summed E-state index contributed by atoms with van der Waals surface area (Å²) in [6, 6.07) is 0.0614. The van der Waals surface area contributed by atoms with Crippen LogP contribution in [0.2, 0.25) is 0 Å². The summed E-state index contributed by atoms with van der Waals surface area (Å²) in [6.45, 7) is 7.14. The number of sulfone groups is 1. The molecule has 1 aromatic heterocycles. The van der Waals surface area contributed by atoms with Gasteiger partial charge in [0.05, 0.1) is 5.69 Å². The molecule has 0 radical (unpaired) electrons. The van der Waals surface area contributed by atoms with Crippen molar-refractivity contribution in [2.75, 3.05) is 0 Å². The number of hydrogen-bond donors (Lipinski definition) is 1. The number of carbonyl (C=O) groups excluding carboxylic acids is 1. The van der Waals surface area contributed by atoms with Crippen LogP contribution in [0.3, 0.4) is 0 Å². The predicted octanol–water partition coefficient (Wildman–Crippen LogP) is 2.14. The highest BCUT2D eigenvalue weighted by Crippen LogP contribution is 2.52. The molecule has 1 heterocycles. The minimum atomic E-state index is -3.88. The van der Waals surface area contributed by atoms with Gasteiger partial charge in [0.15, 0.2) is 0 Å². The molecule has 0 spiro atoms. The number of nitrogens with zero attached hydrogens (tertiary/aromatic N) is 2. The number of amides is 1. The lowest BCUT2D eigenvalue weighted by Crippen LogP contribution is -2.35. The minimum absolute atomic E-state index is 0.000858. The Balaban J connectivity index is 2.04. The van der Waals surface area contributed by atoms with Gasteiger partial charge >= 0.3 is 0 Å². The number of rotatable bonds is 5. The normalized spacial score (nSPS) is 28.9. The summed E-state index contributed by atoms with van der Waals surface area (Å²) >= 11 is 0. The molecule has 134 valence electrons. The van der Waals surface area contributed by atoms with E-state index in [2.05, 4.69) is 11.9 Å². The Bertz CT molecular complexity index is 768. The van der Waals surface area contributed by atoms with Gasteiger partial charge in [0.1, 0.15) is 5.25 Å². The van der Waals surface area contributed by atoms with Crippen molar-refractivity contribution in [3.8, 4) is 0 Å². The Morgan fingerprint density at radius 1 is 1.25 bits per heavy atom. The predicted molar refractivity (Wildman–Crippen MR) is 91.2 cm³/mol. The second-order valence-electron chi connectivity index (χ2n) is 7.60. The van der Waals surface area contributed by atoms with Crippen LogP contribution < -0.4 is 5.73 Å². The highest BCUT2D eigenvalue weighted by Gasteiger charge is 2.44. The topological polar surface area (TPSA) is 95.1 Å². The van der Waals surface area contributed by atoms with Crippen LogP contribution in [-0.4, -0.2) is 29.1 Å². The van der Waals surface area contributed by atoms with Crippen LogP contribution in [0.4, 0.5) is 0 Å². The molecule has 2 aliphatic rings. The SMILES string of the molecule is Cc1nc(S(=O)(=O)[C@H](C)C(N)=O)n([C@@H](C)[C@@H]2C[C@H]3CC[C@H]2C3)c1C. The van der Waals surface area contributed by atoms with Gasteiger partial charge in [-0.3, -0.25) is 4.79 Å². The van der Waals surface area contributed by atoms with Crippen LogP contribution in [0.1, 0.15) is 57.0 Å². The van der Waals surface area contributed by atoms with Crippen LogP contribution in [0.15, 0.2) is 5.16 Å². The monoisotopic (exact) mass is 353 g/mol. The molecule has 3 rings (SSSR count). The Morgan fingerprint density at radius 2 is 1.92 bits per heavy atom. The third-order valence-electron chi connectivity index (χ3n) is 6.29. The van der Waals surface area contributed by atoms with E-state index in [0.717, 1.165) is 18.0 Å². The number of primary amides is 1. The van der Waals surface area contributed by atoms with Crippen molar-refractivity contribution in [1.82, 2.24) is 9.55 Å². The van der Waals surface area contributed by atoms with Gasteiger partial charge in [-0.15, -0.1) is 0 Å². The van der Waals surface area contributed by atoms with Crippen molar-refractivity contribution < 1.29 is 13.2 Å². The Hall–Kier alpha value is -1.37. The van der Waals surface area contributed by atoms with Gasteiger partial charge in [0.25, 0.3) is 0 Å². The van der Waals surface area contributed by atoms with Crippen molar-refractivity contribution in [2.45, 2.75) is 69.8 Å². The van der Waals surface area contributed by atoms with Gasteiger partial charge in [-0.05, 0) is 64.7 Å². The summed E-state index contributed by atoms with van der Waals surface area (Å²) < 4.78 is 27.6. The maximum atomic E-state index is 12.9. The zero-order valence-corrected chi connectivity index (χ0v) is 15.6. The van der Waals surface area contributed by atoms with Crippen LogP contribution in [0.5, 0.6) is 0 Å². The third kappa shape index (κ3) is 2.57. The fourth-order valence-corrected chi connectivity index (χ4v) is 6.13. The zero-order valence-electron chi connectivity index (χ0n) is 14.8. The molecule has 1 amide bonds. The van der Waals surface area contributed by atoms with Gasteiger partial charge in [-0.1, -0.05) is 6.42 Å². The smallest absolute Gasteiger partial charge is 0.235 e. The molecule has 0 aliphatic heterocycles. The Kier molecular flexibility index (Phi) is 4.26. The summed E-state index contributed by atoms with van der Waals surface area (Å²) in [4.78, 5) is 15.8. The molecule has 24 heavy (non-hydrogen) atoms. The molecule has 1 aromatic rings. The first-order valence-corrected chi connectivity index (χ1v) is 10.3. The summed E-state index contributed by atoms with van der Waals surface area (Å²) in [5, 5.41) is -1.27. The molecule has 0 saturated heterocycles. The molecule has 0 unspecified atom stereocenters. The van der Waals surface area contributed by atoms with Gasteiger partial charge in [0, 0.05) is 11.7 Å². The molecule has 2 bridgehead atoms. The fourth-order valence-electron chi connectivity index (χ4n) is 4.66. The van der Waals surface area contributed by atoms with E-state index in [0.29, 0.717) is 17.5 Å². The van der Waals surface area contributed by atoms with Crippen molar-refractivity contribution in [3.05, 3.63) is 11.4 Å². The second-order valence-corrected chi connectivity index (χ2v) is 9.77. The van der Waals surface area contributed by atoms with E-state index in [1.54, 1.807) is 0 Å². The number of nitrogens with two attached hydrogens (primary N) is 1. The Labute approximate surface area is 143 Å². The Morgan fingerprint density at radius 3 is 2.42 bits per heavy atom. The molecule has 2 N–H and O–H groups in total. The first-order chi connectivity index (χ1) is 11.1. The number of aromatic nitrogens is 2. The van der Waals surface area contributed by atoms with Crippen molar-refractivity contribution in [1.29, 1.82) is 0 Å². The quantitative estimate of drug-likeness (QED) is 0.877. The highest BCUT2D eigenvalue weighted by molar-refractivity contribution is 7.92. The van der Waals surface area contributed by atoms with Gasteiger partial charge in [-0.25, -0.2) is 13.4 Å². The zero-order chi connectivity index (χ0) is 17.8. The van der Waals surface area contributed by atoms with E-state index in [1.165, 1.54) is 26.2 Å². The van der Waals surface area contributed by atoms with Crippen molar-refractivity contribution >= 4 is 15.7 Å². The van der Waals surface area contributed by atoms with E-state index >= 15 is 0 Å². The molecule has 2 saturated carbocycles. The molecular weight excluding hydrogens is 326 g/mol. The number of hydrogen-bond acceptors (Lipinski definition) is 4. The number of fused-ring (bicyclic) bond motifs is 2. The van der Waals surface area contributed by atoms with E-state index in [1.807, 2.05) is 18.4 Å². The van der Waals surface area contributed by atoms with Crippen LogP contribution in [0, 0.1) is 31.6 Å². The highest BCUT2D eigenvalue weighted by atomic mass is 32.2. The average Bonchev–Trinajstić information content (AvgIpc) is 3.21. The number of imidazole rings is 1. The van der Waals surface area contributed by atoms with Crippen molar-refractivity contribution in [2.24, 2.45) is 23.5 Å². The molecule has 5 atom stereocenters. The summed E-state index contributed by atoms with van der Waals surface area (Å²) in [6.07, 6.45) is 4.97. The standard InChI is InChI=1S/C17H27N3O3S/c1-9-10(2)20(11(3)15-8-13-5-6-14(15)7-13)17(19-9)24(22,23)12(4)16(18)21/h11-15H,5-8H2,1-4H3,(H2,18,21)/t11-,12+,13-,14-,15-/m0/s1. The summed E-state index contributed by atoms with van der Waals surface area (Å²) in [5.41, 5.74) is 6.80. The van der Waals surface area contributed by atoms with Gasteiger partial charge < -0.3 is 10.3 Å². The second kappa shape index (κ2) is 5.86. The third-order valence-corrected chi connectivity index (χ3v) is 8.25. The largest absolute Gasteiger partial charge is 0.369 e. The molecule has 2 aliphatic carbocycles. The maximum absolute atomic E-state index is 12.9. The van der Waals surface area contributed by atoms with E-state index in [9.17, 15) is 13.2 Å². The van der Waals surface area contributed by atoms with Crippen LogP contribution >= 0.6 is 0 Å². The first kappa shape index (κ1) is 17.5. The molecule has 2 fully saturated rings. The maximum Gasteiger partial charge on any atom is 0.235 e. The van der Waals surface area contributed by atoms with Crippen LogP contribution in [-0.2, 0) is 14.6 Å². The lowest BCUT2D eigenvalue weighted by molar-refractivity contribution is -0.117. The van der Waals surface area contributed by atoms with Gasteiger partial charge in [0.2, 0.25) is 20.9 Å². The van der Waals surface area contributed by atoms with E-state index < -0.39 is 21.0 Å². The van der Waals surface area contributed by atoms with Gasteiger partial charge in [-0.2, -0.15) is 0 Å². The summed E-state index contributed by atoms with van der Waals surface area (Å²) in [7, 11) is -3.88. The minimum Gasteiger partial charge on any atom is -0.369 e. The summed E-state index contributed by atoms with van der Waals surface area (Å²) in [5.74, 6) is 1.11. The lowest BCUT2D eigenvalue weighted by Gasteiger charge is -2.30.